The lowest BCUT2D eigenvalue weighted by atomic mass is 10.1. The Bertz CT molecular complexity index is 1160. The second-order valence-electron chi connectivity index (χ2n) is 6.53. The van der Waals surface area contributed by atoms with E-state index in [1.165, 1.54) is 0 Å². The third-order valence-electron chi connectivity index (χ3n) is 4.37. The summed E-state index contributed by atoms with van der Waals surface area (Å²) >= 11 is 7.71. The summed E-state index contributed by atoms with van der Waals surface area (Å²) in [4.78, 5) is 17.1. The van der Waals surface area contributed by atoms with Crippen molar-refractivity contribution in [3.63, 3.8) is 0 Å². The van der Waals surface area contributed by atoms with Crippen molar-refractivity contribution in [2.24, 2.45) is 0 Å². The van der Waals surface area contributed by atoms with Gasteiger partial charge in [0.25, 0.3) is 0 Å². The number of carbonyl (C=O) groups excluding carboxylic acids is 1. The Morgan fingerprint density at radius 1 is 0.897 bits per heavy atom. The van der Waals surface area contributed by atoms with Gasteiger partial charge in [0.2, 0.25) is 0 Å². The van der Waals surface area contributed by atoms with Gasteiger partial charge < -0.3 is 10.6 Å². The molecule has 4 aromatic rings. The first-order chi connectivity index (χ1) is 14.1. The standard InChI is InChI=1S/C23H18ClN3OS/c1-15-10-11-19(13-20(15)24)26-23(28)25-18-9-5-8-17(12-18)21-14-29-22(27-21)16-6-3-2-4-7-16/h2-14H,1H3,(H2,25,26,28). The van der Waals surface area contributed by atoms with Crippen molar-refractivity contribution in [3.05, 3.63) is 88.8 Å². The summed E-state index contributed by atoms with van der Waals surface area (Å²) in [6.07, 6.45) is 0. The lowest BCUT2D eigenvalue weighted by molar-refractivity contribution is 0.262. The Balaban J connectivity index is 1.48. The summed E-state index contributed by atoms with van der Waals surface area (Å²) in [5, 5.41) is 9.25. The van der Waals surface area contributed by atoms with Gasteiger partial charge >= 0.3 is 6.03 Å². The van der Waals surface area contributed by atoms with E-state index >= 15 is 0 Å². The third-order valence-corrected chi connectivity index (χ3v) is 5.67. The van der Waals surface area contributed by atoms with E-state index in [2.05, 4.69) is 10.6 Å². The summed E-state index contributed by atoms with van der Waals surface area (Å²) in [6.45, 7) is 1.92. The number of hydrogen-bond acceptors (Lipinski definition) is 3. The summed E-state index contributed by atoms with van der Waals surface area (Å²) in [5.41, 5.74) is 5.20. The zero-order valence-corrected chi connectivity index (χ0v) is 17.2. The molecule has 1 aromatic heterocycles. The molecule has 2 N–H and O–H groups in total. The van der Waals surface area contributed by atoms with Gasteiger partial charge in [-0.3, -0.25) is 0 Å². The molecule has 2 amide bonds. The molecule has 0 saturated carbocycles. The average Bonchev–Trinajstić information content (AvgIpc) is 3.22. The van der Waals surface area contributed by atoms with Crippen LogP contribution in [0, 0.1) is 6.92 Å². The Morgan fingerprint density at radius 2 is 1.62 bits per heavy atom. The normalized spacial score (nSPS) is 10.6. The molecule has 0 bridgehead atoms. The first kappa shape index (κ1) is 19.2. The Morgan fingerprint density at radius 3 is 2.38 bits per heavy atom. The molecule has 29 heavy (non-hydrogen) atoms. The maximum atomic E-state index is 12.3. The van der Waals surface area contributed by atoms with E-state index in [-0.39, 0.29) is 6.03 Å². The molecule has 1 heterocycles. The van der Waals surface area contributed by atoms with Crippen molar-refractivity contribution in [1.82, 2.24) is 4.98 Å². The van der Waals surface area contributed by atoms with E-state index in [0.717, 1.165) is 27.4 Å². The second-order valence-corrected chi connectivity index (χ2v) is 7.79. The topological polar surface area (TPSA) is 54.0 Å². The number of nitrogens with zero attached hydrogens (tertiary/aromatic N) is 1. The summed E-state index contributed by atoms with van der Waals surface area (Å²) in [5.74, 6) is 0. The van der Waals surface area contributed by atoms with Crippen LogP contribution >= 0.6 is 22.9 Å². The van der Waals surface area contributed by atoms with Crippen LogP contribution in [0.15, 0.2) is 78.2 Å². The van der Waals surface area contributed by atoms with Gasteiger partial charge in [-0.15, -0.1) is 11.3 Å². The molecule has 0 aliphatic rings. The number of thiazole rings is 1. The number of aryl methyl sites for hydroxylation is 1. The Labute approximate surface area is 178 Å². The number of aromatic nitrogens is 1. The van der Waals surface area contributed by atoms with Crippen LogP contribution in [0.25, 0.3) is 21.8 Å². The third kappa shape index (κ3) is 4.65. The molecule has 0 aliphatic carbocycles. The van der Waals surface area contributed by atoms with E-state index in [9.17, 15) is 4.79 Å². The zero-order valence-electron chi connectivity index (χ0n) is 15.6. The van der Waals surface area contributed by atoms with Gasteiger partial charge in [-0.2, -0.15) is 0 Å². The van der Waals surface area contributed by atoms with E-state index in [4.69, 9.17) is 16.6 Å². The van der Waals surface area contributed by atoms with Crippen LogP contribution in [0.2, 0.25) is 5.02 Å². The minimum Gasteiger partial charge on any atom is -0.308 e. The maximum absolute atomic E-state index is 12.3. The lowest BCUT2D eigenvalue weighted by Crippen LogP contribution is -2.19. The predicted octanol–water partition coefficient (Wildman–Crippen LogP) is 7.08. The van der Waals surface area contributed by atoms with Crippen molar-refractivity contribution >= 4 is 40.3 Å². The van der Waals surface area contributed by atoms with Crippen LogP contribution in [0.1, 0.15) is 5.56 Å². The SMILES string of the molecule is Cc1ccc(NC(=O)Nc2cccc(-c3csc(-c4ccccc4)n3)c2)cc1Cl. The van der Waals surface area contributed by atoms with Gasteiger partial charge in [-0.05, 0) is 36.8 Å². The highest BCUT2D eigenvalue weighted by atomic mass is 35.5. The summed E-state index contributed by atoms with van der Waals surface area (Å²) in [6, 6.07) is 22.8. The fourth-order valence-corrected chi connectivity index (χ4v) is 3.86. The molecule has 0 aliphatic heterocycles. The van der Waals surface area contributed by atoms with Crippen LogP contribution in [0.4, 0.5) is 16.2 Å². The van der Waals surface area contributed by atoms with E-state index in [1.807, 2.05) is 79.0 Å². The number of hydrogen-bond donors (Lipinski definition) is 2. The molecule has 3 aromatic carbocycles. The zero-order chi connectivity index (χ0) is 20.2. The smallest absolute Gasteiger partial charge is 0.308 e. The van der Waals surface area contributed by atoms with Gasteiger partial charge in [-0.1, -0.05) is 60.1 Å². The quantitative estimate of drug-likeness (QED) is 0.371. The molecule has 0 spiro atoms. The van der Waals surface area contributed by atoms with Crippen molar-refractivity contribution in [1.29, 1.82) is 0 Å². The second kappa shape index (κ2) is 8.47. The van der Waals surface area contributed by atoms with Crippen LogP contribution < -0.4 is 10.6 Å². The Hall–Kier alpha value is -3.15. The molecule has 144 valence electrons. The average molecular weight is 420 g/mol. The van der Waals surface area contributed by atoms with Crippen LogP contribution in [-0.2, 0) is 0 Å². The van der Waals surface area contributed by atoms with E-state index in [0.29, 0.717) is 16.4 Å². The van der Waals surface area contributed by atoms with Crippen LogP contribution in [-0.4, -0.2) is 11.0 Å². The molecule has 6 heteroatoms. The van der Waals surface area contributed by atoms with Gasteiger partial charge in [0, 0.05) is 32.9 Å². The number of rotatable bonds is 4. The number of benzene rings is 3. The first-order valence-electron chi connectivity index (χ1n) is 9.04. The Kier molecular flexibility index (Phi) is 5.60. The summed E-state index contributed by atoms with van der Waals surface area (Å²) < 4.78 is 0. The van der Waals surface area contributed by atoms with E-state index in [1.54, 1.807) is 17.4 Å². The highest BCUT2D eigenvalue weighted by Gasteiger charge is 2.09. The number of halogens is 1. The van der Waals surface area contributed by atoms with Gasteiger partial charge in [0.1, 0.15) is 5.01 Å². The van der Waals surface area contributed by atoms with Crippen molar-refractivity contribution in [2.75, 3.05) is 10.6 Å². The highest BCUT2D eigenvalue weighted by molar-refractivity contribution is 7.13. The fourth-order valence-electron chi connectivity index (χ4n) is 2.84. The predicted molar refractivity (Wildman–Crippen MR) is 122 cm³/mol. The van der Waals surface area contributed by atoms with Crippen molar-refractivity contribution in [2.45, 2.75) is 6.92 Å². The van der Waals surface area contributed by atoms with Crippen LogP contribution in [0.3, 0.4) is 0 Å². The monoisotopic (exact) mass is 419 g/mol. The molecule has 0 saturated heterocycles. The fraction of sp³-hybridized carbons (Fsp3) is 0.0435. The number of carbonyl (C=O) groups is 1. The van der Waals surface area contributed by atoms with Crippen LogP contribution in [0.5, 0.6) is 0 Å². The molecular formula is C23H18ClN3OS. The van der Waals surface area contributed by atoms with E-state index < -0.39 is 0 Å². The number of nitrogens with one attached hydrogen (secondary N) is 2. The largest absolute Gasteiger partial charge is 0.323 e. The molecular weight excluding hydrogens is 402 g/mol. The molecule has 0 unspecified atom stereocenters. The minimum atomic E-state index is -0.328. The van der Waals surface area contributed by atoms with Gasteiger partial charge in [0.15, 0.2) is 0 Å². The number of anilines is 2. The molecule has 0 atom stereocenters. The van der Waals surface area contributed by atoms with Gasteiger partial charge in [-0.25, -0.2) is 9.78 Å². The summed E-state index contributed by atoms with van der Waals surface area (Å²) in [7, 11) is 0. The molecule has 0 radical (unpaired) electrons. The number of amides is 2. The number of urea groups is 1. The minimum absolute atomic E-state index is 0.328. The van der Waals surface area contributed by atoms with Crippen molar-refractivity contribution < 1.29 is 4.79 Å². The highest BCUT2D eigenvalue weighted by Crippen LogP contribution is 2.30. The maximum Gasteiger partial charge on any atom is 0.323 e. The molecule has 4 rings (SSSR count). The lowest BCUT2D eigenvalue weighted by Gasteiger charge is -2.09. The first-order valence-corrected chi connectivity index (χ1v) is 10.3. The van der Waals surface area contributed by atoms with Crippen molar-refractivity contribution in [3.8, 4) is 21.8 Å². The molecule has 4 nitrogen and oxygen atoms in total. The van der Waals surface area contributed by atoms with Gasteiger partial charge in [0.05, 0.1) is 5.69 Å². The molecule has 0 fully saturated rings.